The van der Waals surface area contributed by atoms with Crippen LogP contribution < -0.4 is 14.8 Å². The normalized spacial score (nSPS) is 11.1. The van der Waals surface area contributed by atoms with E-state index >= 15 is 0 Å². The number of amides is 1. The van der Waals surface area contributed by atoms with Gasteiger partial charge in [0.15, 0.2) is 0 Å². The van der Waals surface area contributed by atoms with Gasteiger partial charge in [0.2, 0.25) is 0 Å². The number of carbonyl (C=O) groups excluding carboxylic acids is 1. The van der Waals surface area contributed by atoms with Crippen LogP contribution in [0.15, 0.2) is 65.6 Å². The van der Waals surface area contributed by atoms with Gasteiger partial charge in [0.1, 0.15) is 5.75 Å². The molecule has 156 valence electrons. The van der Waals surface area contributed by atoms with Gasteiger partial charge in [-0.15, -0.1) is 0 Å². The maximum atomic E-state index is 12.8. The second kappa shape index (κ2) is 8.59. The molecule has 0 spiro atoms. The third-order valence-corrected chi connectivity index (χ3v) is 6.04. The number of aryl methyl sites for hydroxylation is 3. The molecule has 0 unspecified atom stereocenters. The molecule has 0 aromatic heterocycles. The van der Waals surface area contributed by atoms with Crippen molar-refractivity contribution in [2.24, 2.45) is 0 Å². The van der Waals surface area contributed by atoms with Gasteiger partial charge in [-0.3, -0.25) is 9.52 Å². The fourth-order valence-corrected chi connectivity index (χ4v) is 4.34. The van der Waals surface area contributed by atoms with Crippen LogP contribution in [0.5, 0.6) is 5.75 Å². The first kappa shape index (κ1) is 21.4. The van der Waals surface area contributed by atoms with E-state index in [0.29, 0.717) is 11.4 Å². The summed E-state index contributed by atoms with van der Waals surface area (Å²) in [6.45, 7) is 5.85. The molecule has 0 heterocycles. The van der Waals surface area contributed by atoms with Crippen molar-refractivity contribution in [3.8, 4) is 5.75 Å². The predicted molar refractivity (Wildman–Crippen MR) is 119 cm³/mol. The first-order valence-electron chi connectivity index (χ1n) is 9.36. The Hall–Kier alpha value is -3.32. The van der Waals surface area contributed by atoms with E-state index in [9.17, 15) is 13.2 Å². The summed E-state index contributed by atoms with van der Waals surface area (Å²) in [5, 5.41) is 2.89. The molecule has 6 nitrogen and oxygen atoms in total. The van der Waals surface area contributed by atoms with Crippen LogP contribution in [0.3, 0.4) is 0 Å². The third-order valence-electron chi connectivity index (χ3n) is 4.66. The van der Waals surface area contributed by atoms with E-state index in [2.05, 4.69) is 10.0 Å². The Bertz CT molecular complexity index is 1160. The molecule has 3 aromatic rings. The lowest BCUT2D eigenvalue weighted by Gasteiger charge is -2.14. The molecule has 0 saturated carbocycles. The highest BCUT2D eigenvalue weighted by Gasteiger charge is 2.17. The van der Waals surface area contributed by atoms with Gasteiger partial charge in [-0.05, 0) is 74.4 Å². The number of anilines is 2. The standard InChI is InChI=1S/C23H24N2O4S/c1-15-12-16(2)22(17(3)13-15)24-23(26)18-6-5-7-21(14-18)30(27,28)25-19-8-10-20(29-4)11-9-19/h5-14,25H,1-4H3,(H,24,26). The van der Waals surface area contributed by atoms with Gasteiger partial charge in [0.05, 0.1) is 12.0 Å². The van der Waals surface area contributed by atoms with E-state index in [1.54, 1.807) is 36.4 Å². The lowest BCUT2D eigenvalue weighted by atomic mass is 10.0. The van der Waals surface area contributed by atoms with Crippen molar-refractivity contribution in [2.75, 3.05) is 17.1 Å². The van der Waals surface area contributed by atoms with Crippen molar-refractivity contribution in [1.82, 2.24) is 0 Å². The molecule has 30 heavy (non-hydrogen) atoms. The number of sulfonamides is 1. The van der Waals surface area contributed by atoms with Gasteiger partial charge in [-0.1, -0.05) is 23.8 Å². The quantitative estimate of drug-likeness (QED) is 0.602. The van der Waals surface area contributed by atoms with Crippen LogP contribution in [0, 0.1) is 20.8 Å². The van der Waals surface area contributed by atoms with Crippen molar-refractivity contribution in [3.05, 3.63) is 82.9 Å². The van der Waals surface area contributed by atoms with Gasteiger partial charge in [-0.2, -0.15) is 0 Å². The van der Waals surface area contributed by atoms with Crippen molar-refractivity contribution < 1.29 is 17.9 Å². The van der Waals surface area contributed by atoms with Crippen molar-refractivity contribution >= 4 is 27.3 Å². The van der Waals surface area contributed by atoms with E-state index in [-0.39, 0.29) is 16.4 Å². The lowest BCUT2D eigenvalue weighted by molar-refractivity contribution is 0.102. The highest BCUT2D eigenvalue weighted by Crippen LogP contribution is 2.24. The molecule has 2 N–H and O–H groups in total. The van der Waals surface area contributed by atoms with Crippen LogP contribution in [-0.2, 0) is 10.0 Å². The minimum absolute atomic E-state index is 0.00307. The minimum Gasteiger partial charge on any atom is -0.497 e. The Morgan fingerprint density at radius 1 is 0.900 bits per heavy atom. The van der Waals surface area contributed by atoms with E-state index in [1.165, 1.54) is 19.2 Å². The van der Waals surface area contributed by atoms with Crippen LogP contribution >= 0.6 is 0 Å². The van der Waals surface area contributed by atoms with Crippen LogP contribution in [-0.4, -0.2) is 21.4 Å². The summed E-state index contributed by atoms with van der Waals surface area (Å²) < 4.78 is 33.1. The zero-order chi connectivity index (χ0) is 21.9. The fourth-order valence-electron chi connectivity index (χ4n) is 3.24. The Labute approximate surface area is 177 Å². The zero-order valence-electron chi connectivity index (χ0n) is 17.3. The average molecular weight is 425 g/mol. The van der Waals surface area contributed by atoms with Crippen molar-refractivity contribution in [2.45, 2.75) is 25.7 Å². The predicted octanol–water partition coefficient (Wildman–Crippen LogP) is 4.67. The van der Waals surface area contributed by atoms with E-state index in [1.807, 2.05) is 32.9 Å². The summed E-state index contributed by atoms with van der Waals surface area (Å²) in [6, 6.07) is 16.5. The van der Waals surface area contributed by atoms with Gasteiger partial charge >= 0.3 is 0 Å². The van der Waals surface area contributed by atoms with Crippen LogP contribution in [0.4, 0.5) is 11.4 Å². The van der Waals surface area contributed by atoms with Crippen molar-refractivity contribution in [3.63, 3.8) is 0 Å². The first-order valence-corrected chi connectivity index (χ1v) is 10.8. The summed E-state index contributed by atoms with van der Waals surface area (Å²) >= 11 is 0. The molecule has 0 radical (unpaired) electrons. The SMILES string of the molecule is COc1ccc(NS(=O)(=O)c2cccc(C(=O)Nc3c(C)cc(C)cc3C)c2)cc1. The molecule has 0 bridgehead atoms. The fraction of sp³-hybridized carbons (Fsp3) is 0.174. The second-order valence-electron chi connectivity index (χ2n) is 7.09. The van der Waals surface area contributed by atoms with E-state index in [4.69, 9.17) is 4.74 Å². The molecule has 0 atom stereocenters. The number of hydrogen-bond acceptors (Lipinski definition) is 4. The second-order valence-corrected chi connectivity index (χ2v) is 8.77. The number of benzene rings is 3. The summed E-state index contributed by atoms with van der Waals surface area (Å²) in [5.74, 6) is 0.254. The molecule has 0 aliphatic heterocycles. The van der Waals surface area contributed by atoms with E-state index < -0.39 is 10.0 Å². The number of methoxy groups -OCH3 is 1. The zero-order valence-corrected chi connectivity index (χ0v) is 18.1. The molecule has 0 aliphatic rings. The molecular formula is C23H24N2O4S. The monoisotopic (exact) mass is 424 g/mol. The molecule has 0 fully saturated rings. The van der Waals surface area contributed by atoms with Crippen LogP contribution in [0.1, 0.15) is 27.0 Å². The first-order chi connectivity index (χ1) is 14.2. The Balaban J connectivity index is 1.83. The topological polar surface area (TPSA) is 84.5 Å². The Kier molecular flexibility index (Phi) is 6.12. The van der Waals surface area contributed by atoms with Gasteiger partial charge in [0.25, 0.3) is 15.9 Å². The summed E-state index contributed by atoms with van der Waals surface area (Å²) in [4.78, 5) is 12.8. The number of carbonyl (C=O) groups is 1. The number of ether oxygens (including phenoxy) is 1. The molecule has 3 aromatic carbocycles. The average Bonchev–Trinajstić information content (AvgIpc) is 2.71. The van der Waals surface area contributed by atoms with Crippen LogP contribution in [0.25, 0.3) is 0 Å². The summed E-state index contributed by atoms with van der Waals surface area (Å²) in [7, 11) is -2.32. The number of nitrogens with one attached hydrogen (secondary N) is 2. The maximum absolute atomic E-state index is 12.8. The van der Waals surface area contributed by atoms with Crippen LogP contribution in [0.2, 0.25) is 0 Å². The highest BCUT2D eigenvalue weighted by atomic mass is 32.2. The van der Waals surface area contributed by atoms with Gasteiger partial charge in [-0.25, -0.2) is 8.42 Å². The minimum atomic E-state index is -3.85. The summed E-state index contributed by atoms with van der Waals surface area (Å²) in [6.07, 6.45) is 0. The Morgan fingerprint density at radius 2 is 1.53 bits per heavy atom. The smallest absolute Gasteiger partial charge is 0.261 e. The number of rotatable bonds is 6. The largest absolute Gasteiger partial charge is 0.497 e. The van der Waals surface area contributed by atoms with Gasteiger partial charge < -0.3 is 10.1 Å². The molecule has 0 saturated heterocycles. The third kappa shape index (κ3) is 4.80. The Morgan fingerprint density at radius 3 is 2.13 bits per heavy atom. The highest BCUT2D eigenvalue weighted by molar-refractivity contribution is 7.92. The summed E-state index contributed by atoms with van der Waals surface area (Å²) in [5.41, 5.74) is 4.40. The molecule has 1 amide bonds. The maximum Gasteiger partial charge on any atom is 0.261 e. The molecule has 7 heteroatoms. The van der Waals surface area contributed by atoms with E-state index in [0.717, 1.165) is 22.4 Å². The van der Waals surface area contributed by atoms with Crippen molar-refractivity contribution in [1.29, 1.82) is 0 Å². The number of hydrogen-bond donors (Lipinski definition) is 2. The molecule has 3 rings (SSSR count). The molecular weight excluding hydrogens is 400 g/mol. The lowest BCUT2D eigenvalue weighted by Crippen LogP contribution is -2.16. The molecule has 0 aliphatic carbocycles. The van der Waals surface area contributed by atoms with Gasteiger partial charge in [0, 0.05) is 16.9 Å².